The van der Waals surface area contributed by atoms with Crippen molar-refractivity contribution in [3.8, 4) is 0 Å². The van der Waals surface area contributed by atoms with E-state index in [0.717, 1.165) is 37.3 Å². The summed E-state index contributed by atoms with van der Waals surface area (Å²) in [6, 6.07) is 10.1. The van der Waals surface area contributed by atoms with E-state index in [1.54, 1.807) is 0 Å². The highest BCUT2D eigenvalue weighted by Gasteiger charge is 2.29. The molecule has 1 aromatic heterocycles. The van der Waals surface area contributed by atoms with Gasteiger partial charge in [0.25, 0.3) is 5.91 Å². The maximum absolute atomic E-state index is 12.8. The predicted molar refractivity (Wildman–Crippen MR) is 116 cm³/mol. The molecule has 2 aliphatic rings. The van der Waals surface area contributed by atoms with Crippen molar-refractivity contribution in [3.05, 3.63) is 47.8 Å². The van der Waals surface area contributed by atoms with Crippen molar-refractivity contribution in [2.75, 3.05) is 13.1 Å². The summed E-state index contributed by atoms with van der Waals surface area (Å²) in [5.74, 6) is 0.999. The lowest BCUT2D eigenvalue weighted by atomic mass is 9.87. The van der Waals surface area contributed by atoms with Crippen molar-refractivity contribution in [2.45, 2.75) is 70.4 Å². The number of likely N-dealkylation sites (tertiary alicyclic amines) is 1. The molecule has 1 saturated heterocycles. The van der Waals surface area contributed by atoms with Gasteiger partial charge in [0.05, 0.1) is 12.3 Å². The summed E-state index contributed by atoms with van der Waals surface area (Å²) in [6.45, 7) is 2.19. The van der Waals surface area contributed by atoms with Crippen molar-refractivity contribution < 1.29 is 9.90 Å². The number of carbonyl (C=O) groups is 1. The molecule has 1 N–H and O–H groups in total. The number of aromatic nitrogens is 3. The van der Waals surface area contributed by atoms with E-state index in [1.165, 1.54) is 32.1 Å². The van der Waals surface area contributed by atoms with Crippen LogP contribution in [0.4, 0.5) is 0 Å². The van der Waals surface area contributed by atoms with Gasteiger partial charge in [-0.1, -0.05) is 67.6 Å². The molecule has 0 unspecified atom stereocenters. The normalized spacial score (nSPS) is 19.7. The number of hydrogen-bond donors (Lipinski definition) is 1. The molecular formula is C24H34N4O2. The van der Waals surface area contributed by atoms with Gasteiger partial charge in [0.1, 0.15) is 0 Å². The zero-order valence-corrected chi connectivity index (χ0v) is 17.8. The van der Waals surface area contributed by atoms with E-state index < -0.39 is 0 Å². The van der Waals surface area contributed by atoms with Crippen LogP contribution in [0.15, 0.2) is 36.5 Å². The van der Waals surface area contributed by atoms with Gasteiger partial charge in [0.15, 0.2) is 5.69 Å². The van der Waals surface area contributed by atoms with Crippen molar-refractivity contribution in [1.29, 1.82) is 0 Å². The van der Waals surface area contributed by atoms with Gasteiger partial charge in [-0.15, -0.1) is 5.10 Å². The van der Waals surface area contributed by atoms with Gasteiger partial charge in [-0.25, -0.2) is 0 Å². The fourth-order valence-electron chi connectivity index (χ4n) is 4.97. The number of rotatable bonds is 7. The second kappa shape index (κ2) is 10.2. The molecule has 1 aliphatic carbocycles. The number of nitrogens with zero attached hydrogens (tertiary/aromatic N) is 4. The second-order valence-electron chi connectivity index (χ2n) is 9.05. The lowest BCUT2D eigenvalue weighted by Gasteiger charge is -2.34. The van der Waals surface area contributed by atoms with E-state index in [9.17, 15) is 9.90 Å². The van der Waals surface area contributed by atoms with Crippen LogP contribution in [0.1, 0.15) is 67.4 Å². The van der Waals surface area contributed by atoms with Gasteiger partial charge in [-0.3, -0.25) is 9.48 Å². The molecule has 162 valence electrons. The van der Waals surface area contributed by atoms with Crippen LogP contribution >= 0.6 is 0 Å². The Bertz CT molecular complexity index is 793. The number of amides is 1. The fourth-order valence-corrected chi connectivity index (χ4v) is 4.97. The third-order valence-electron chi connectivity index (χ3n) is 6.91. The highest BCUT2D eigenvalue weighted by atomic mass is 16.3. The monoisotopic (exact) mass is 410 g/mol. The number of carbonyl (C=O) groups excluding carboxylic acids is 1. The minimum Gasteiger partial charge on any atom is -0.392 e. The zero-order valence-electron chi connectivity index (χ0n) is 17.8. The Morgan fingerprint density at radius 3 is 2.53 bits per heavy atom. The van der Waals surface area contributed by atoms with Gasteiger partial charge in [-0.05, 0) is 43.1 Å². The summed E-state index contributed by atoms with van der Waals surface area (Å²) in [5.41, 5.74) is 1.61. The standard InChI is InChI=1S/C24H34N4O2/c29-23(17-20-9-5-2-6-10-20)21-12-14-27(15-13-21)24(30)22-18-28(26-25-22)16-11-19-7-3-1-4-8-19/h2,5-6,9-10,18-19,21,23,29H,1,3-4,7-8,11-17H2/t23-/m1/s1. The SMILES string of the molecule is O=C(c1cn(CCC2CCCCC2)nn1)N1CCC([C@H](O)Cc2ccccc2)CC1. The summed E-state index contributed by atoms with van der Waals surface area (Å²) in [4.78, 5) is 14.7. The van der Waals surface area contributed by atoms with Crippen LogP contribution in [0.3, 0.4) is 0 Å². The number of aryl methyl sites for hydroxylation is 1. The molecule has 6 heteroatoms. The number of hydrogen-bond acceptors (Lipinski definition) is 4. The minimum absolute atomic E-state index is 0.0325. The van der Waals surface area contributed by atoms with Gasteiger partial charge in [0, 0.05) is 19.6 Å². The van der Waals surface area contributed by atoms with Gasteiger partial charge < -0.3 is 10.0 Å². The van der Waals surface area contributed by atoms with E-state index in [0.29, 0.717) is 25.2 Å². The molecular weight excluding hydrogens is 376 g/mol. The third-order valence-corrected chi connectivity index (χ3v) is 6.91. The molecule has 30 heavy (non-hydrogen) atoms. The molecule has 2 heterocycles. The zero-order chi connectivity index (χ0) is 20.8. The molecule has 1 aromatic carbocycles. The molecule has 0 radical (unpaired) electrons. The maximum atomic E-state index is 12.8. The van der Waals surface area contributed by atoms with E-state index in [-0.39, 0.29) is 17.9 Å². The summed E-state index contributed by atoms with van der Waals surface area (Å²) in [7, 11) is 0. The largest absolute Gasteiger partial charge is 0.392 e. The van der Waals surface area contributed by atoms with Crippen molar-refractivity contribution >= 4 is 5.91 Å². The maximum Gasteiger partial charge on any atom is 0.276 e. The minimum atomic E-state index is -0.356. The smallest absolute Gasteiger partial charge is 0.276 e. The lowest BCUT2D eigenvalue weighted by Crippen LogP contribution is -2.41. The fraction of sp³-hybridized carbons (Fsp3) is 0.625. The number of piperidine rings is 1. The average Bonchev–Trinajstić information content (AvgIpc) is 3.28. The summed E-state index contributed by atoms with van der Waals surface area (Å²) in [5, 5.41) is 18.9. The summed E-state index contributed by atoms with van der Waals surface area (Å²) in [6.07, 6.45) is 11.6. The van der Waals surface area contributed by atoms with Crippen LogP contribution in [-0.2, 0) is 13.0 Å². The molecule has 1 atom stereocenters. The molecule has 4 rings (SSSR count). The Hall–Kier alpha value is -2.21. The molecule has 0 spiro atoms. The molecule has 1 saturated carbocycles. The second-order valence-corrected chi connectivity index (χ2v) is 9.05. The van der Waals surface area contributed by atoms with Gasteiger partial charge in [-0.2, -0.15) is 0 Å². The Balaban J connectivity index is 1.23. The quantitative estimate of drug-likeness (QED) is 0.755. The lowest BCUT2D eigenvalue weighted by molar-refractivity contribution is 0.0463. The first-order valence-electron chi connectivity index (χ1n) is 11.6. The topological polar surface area (TPSA) is 71.2 Å². The van der Waals surface area contributed by atoms with Crippen molar-refractivity contribution in [1.82, 2.24) is 19.9 Å². The Morgan fingerprint density at radius 1 is 1.07 bits per heavy atom. The number of benzene rings is 1. The van der Waals surface area contributed by atoms with Gasteiger partial charge >= 0.3 is 0 Å². The molecule has 1 amide bonds. The average molecular weight is 411 g/mol. The van der Waals surface area contributed by atoms with Crippen LogP contribution < -0.4 is 0 Å². The highest BCUT2D eigenvalue weighted by Crippen LogP contribution is 2.27. The Kier molecular flexibility index (Phi) is 7.16. The Morgan fingerprint density at radius 2 is 1.80 bits per heavy atom. The van der Waals surface area contributed by atoms with Gasteiger partial charge in [0.2, 0.25) is 0 Å². The molecule has 2 fully saturated rings. The van der Waals surface area contributed by atoms with Crippen LogP contribution in [0.5, 0.6) is 0 Å². The van der Waals surface area contributed by atoms with Crippen molar-refractivity contribution in [3.63, 3.8) is 0 Å². The van der Waals surface area contributed by atoms with Crippen LogP contribution in [0.25, 0.3) is 0 Å². The van der Waals surface area contributed by atoms with E-state index >= 15 is 0 Å². The summed E-state index contributed by atoms with van der Waals surface area (Å²) < 4.78 is 1.83. The van der Waals surface area contributed by atoms with E-state index in [1.807, 2.05) is 34.0 Å². The first-order chi connectivity index (χ1) is 14.7. The van der Waals surface area contributed by atoms with Crippen LogP contribution in [0.2, 0.25) is 0 Å². The molecule has 0 bridgehead atoms. The molecule has 6 nitrogen and oxygen atoms in total. The van der Waals surface area contributed by atoms with E-state index in [2.05, 4.69) is 22.4 Å². The molecule has 2 aromatic rings. The first kappa shape index (κ1) is 21.0. The third kappa shape index (κ3) is 5.48. The number of aliphatic hydroxyl groups excluding tert-OH is 1. The summed E-state index contributed by atoms with van der Waals surface area (Å²) >= 11 is 0. The molecule has 1 aliphatic heterocycles. The van der Waals surface area contributed by atoms with E-state index in [4.69, 9.17) is 0 Å². The first-order valence-corrected chi connectivity index (χ1v) is 11.6. The van der Waals surface area contributed by atoms with Crippen LogP contribution in [-0.4, -0.2) is 50.1 Å². The highest BCUT2D eigenvalue weighted by molar-refractivity contribution is 5.91. The number of aliphatic hydroxyl groups is 1. The van der Waals surface area contributed by atoms with Crippen molar-refractivity contribution in [2.24, 2.45) is 11.8 Å². The Labute approximate surface area is 179 Å². The van der Waals surface area contributed by atoms with Crippen LogP contribution in [0, 0.1) is 11.8 Å². The predicted octanol–water partition coefficient (Wildman–Crippen LogP) is 3.70.